The van der Waals surface area contributed by atoms with E-state index in [9.17, 15) is 9.18 Å². The molecule has 0 bridgehead atoms. The van der Waals surface area contributed by atoms with Crippen LogP contribution in [-0.4, -0.2) is 55.0 Å². The van der Waals surface area contributed by atoms with Crippen LogP contribution in [0.5, 0.6) is 5.75 Å². The molecule has 1 atom stereocenters. The van der Waals surface area contributed by atoms with Gasteiger partial charge in [0.1, 0.15) is 18.2 Å². The second kappa shape index (κ2) is 6.94. The minimum Gasteiger partial charge on any atom is -0.492 e. The normalized spacial score (nSPS) is 27.2. The van der Waals surface area contributed by atoms with Gasteiger partial charge in [0.05, 0.1) is 5.41 Å². The highest BCUT2D eigenvalue weighted by molar-refractivity contribution is 5.84. The van der Waals surface area contributed by atoms with Crippen molar-refractivity contribution in [3.05, 3.63) is 30.1 Å². The van der Waals surface area contributed by atoms with Gasteiger partial charge >= 0.3 is 0 Å². The van der Waals surface area contributed by atoms with Crippen molar-refractivity contribution < 1.29 is 13.9 Å². The number of piperidine rings is 1. The summed E-state index contributed by atoms with van der Waals surface area (Å²) < 4.78 is 18.6. The van der Waals surface area contributed by atoms with Crippen LogP contribution in [0.1, 0.15) is 32.1 Å². The fourth-order valence-electron chi connectivity index (χ4n) is 4.29. The van der Waals surface area contributed by atoms with Gasteiger partial charge < -0.3 is 9.64 Å². The number of halogens is 1. The molecule has 0 N–H and O–H groups in total. The van der Waals surface area contributed by atoms with Crippen molar-refractivity contribution in [2.75, 3.05) is 39.3 Å². The Bertz CT molecular complexity index is 617. The highest BCUT2D eigenvalue weighted by Crippen LogP contribution is 2.41. The summed E-state index contributed by atoms with van der Waals surface area (Å²) >= 11 is 0. The molecule has 1 saturated carbocycles. The van der Waals surface area contributed by atoms with Crippen LogP contribution in [0.15, 0.2) is 24.3 Å². The molecule has 0 unspecified atom stereocenters. The summed E-state index contributed by atoms with van der Waals surface area (Å²) in [7, 11) is 0. The molecule has 4 nitrogen and oxygen atoms in total. The Kier molecular flexibility index (Phi) is 4.67. The predicted octanol–water partition coefficient (Wildman–Crippen LogP) is 2.93. The minimum absolute atomic E-state index is 0.150. The topological polar surface area (TPSA) is 32.8 Å². The summed E-state index contributed by atoms with van der Waals surface area (Å²) in [5, 5.41) is 0. The molecule has 2 saturated heterocycles. The lowest BCUT2D eigenvalue weighted by Crippen LogP contribution is -2.50. The Morgan fingerprint density at radius 3 is 2.72 bits per heavy atom. The van der Waals surface area contributed by atoms with Gasteiger partial charge in [0.2, 0.25) is 5.91 Å². The first kappa shape index (κ1) is 16.8. The van der Waals surface area contributed by atoms with E-state index >= 15 is 0 Å². The summed E-state index contributed by atoms with van der Waals surface area (Å²) in [4.78, 5) is 17.5. The van der Waals surface area contributed by atoms with Crippen molar-refractivity contribution in [3.63, 3.8) is 0 Å². The number of carbonyl (C=O) groups excluding carboxylic acids is 1. The molecule has 1 aromatic carbocycles. The van der Waals surface area contributed by atoms with Gasteiger partial charge in [-0.3, -0.25) is 9.69 Å². The maximum Gasteiger partial charge on any atom is 0.230 e. The Morgan fingerprint density at radius 2 is 1.96 bits per heavy atom. The van der Waals surface area contributed by atoms with Gasteiger partial charge in [0.15, 0.2) is 0 Å². The third-order valence-corrected chi connectivity index (χ3v) is 5.92. The SMILES string of the molecule is O=C1N(CC2CC2)CCC[C@@]12CCN(CCOc1ccc(F)cc1)C2. The minimum atomic E-state index is -0.250. The molecule has 0 radical (unpaired) electrons. The van der Waals surface area contributed by atoms with Crippen LogP contribution in [0.3, 0.4) is 0 Å². The van der Waals surface area contributed by atoms with Crippen LogP contribution in [0.2, 0.25) is 0 Å². The highest BCUT2D eigenvalue weighted by Gasteiger charge is 2.48. The number of carbonyl (C=O) groups is 1. The fraction of sp³-hybridized carbons (Fsp3) is 0.650. The fourth-order valence-corrected chi connectivity index (χ4v) is 4.29. The number of nitrogens with zero attached hydrogens (tertiary/aromatic N) is 2. The molecule has 0 aromatic heterocycles. The molecule has 1 aromatic rings. The zero-order valence-corrected chi connectivity index (χ0v) is 14.8. The van der Waals surface area contributed by atoms with Gasteiger partial charge in [0, 0.05) is 26.2 Å². The molecule has 3 aliphatic rings. The molecule has 2 aliphatic heterocycles. The maximum absolute atomic E-state index is 13.0. The summed E-state index contributed by atoms with van der Waals surface area (Å²) in [6, 6.07) is 6.13. The van der Waals surface area contributed by atoms with Crippen LogP contribution in [0.4, 0.5) is 4.39 Å². The zero-order chi connectivity index (χ0) is 17.3. The van der Waals surface area contributed by atoms with Crippen LogP contribution < -0.4 is 4.74 Å². The maximum atomic E-state index is 13.0. The average molecular weight is 346 g/mol. The van der Waals surface area contributed by atoms with Crippen molar-refractivity contribution >= 4 is 5.91 Å². The number of hydrogen-bond acceptors (Lipinski definition) is 3. The van der Waals surface area contributed by atoms with Gasteiger partial charge in [-0.2, -0.15) is 0 Å². The van der Waals surface area contributed by atoms with E-state index < -0.39 is 0 Å². The molecular weight excluding hydrogens is 319 g/mol. The molecule has 136 valence electrons. The van der Waals surface area contributed by atoms with E-state index in [0.717, 1.165) is 57.9 Å². The van der Waals surface area contributed by atoms with Gasteiger partial charge in [-0.05, 0) is 68.8 Å². The third-order valence-electron chi connectivity index (χ3n) is 5.92. The Labute approximate surface area is 148 Å². The van der Waals surface area contributed by atoms with Gasteiger partial charge in [-0.25, -0.2) is 4.39 Å². The Hall–Kier alpha value is -1.62. The second-order valence-corrected chi connectivity index (χ2v) is 7.91. The summed E-state index contributed by atoms with van der Waals surface area (Å²) in [6.07, 6.45) is 5.73. The molecular formula is C20H27FN2O2. The second-order valence-electron chi connectivity index (χ2n) is 7.91. The van der Waals surface area contributed by atoms with Crippen LogP contribution in [0.25, 0.3) is 0 Å². The standard InChI is InChI=1S/C20H27FN2O2/c21-17-4-6-18(7-5-17)25-13-12-22-11-9-20(15-22)8-1-10-23(19(20)24)14-16-2-3-16/h4-7,16H,1-3,8-15H2/t20-/m0/s1. The molecule has 1 aliphatic carbocycles. The molecule has 25 heavy (non-hydrogen) atoms. The average Bonchev–Trinajstić information content (AvgIpc) is 3.34. The van der Waals surface area contributed by atoms with E-state index in [-0.39, 0.29) is 11.2 Å². The number of likely N-dealkylation sites (tertiary alicyclic amines) is 2. The predicted molar refractivity (Wildman–Crippen MR) is 93.9 cm³/mol. The summed E-state index contributed by atoms with van der Waals surface area (Å²) in [5.74, 6) is 1.60. The lowest BCUT2D eigenvalue weighted by molar-refractivity contribution is -0.145. The zero-order valence-electron chi connectivity index (χ0n) is 14.8. The monoisotopic (exact) mass is 346 g/mol. The number of hydrogen-bond donors (Lipinski definition) is 0. The first-order chi connectivity index (χ1) is 12.1. The molecule has 4 rings (SSSR count). The molecule has 1 amide bonds. The molecule has 2 heterocycles. The third kappa shape index (κ3) is 3.81. The van der Waals surface area contributed by atoms with Crippen molar-refractivity contribution in [2.45, 2.75) is 32.1 Å². The van der Waals surface area contributed by atoms with Crippen LogP contribution in [-0.2, 0) is 4.79 Å². The van der Waals surface area contributed by atoms with Crippen molar-refractivity contribution in [1.82, 2.24) is 9.80 Å². The lowest BCUT2D eigenvalue weighted by Gasteiger charge is -2.39. The molecule has 5 heteroatoms. The van der Waals surface area contributed by atoms with E-state index in [1.54, 1.807) is 12.1 Å². The van der Waals surface area contributed by atoms with Crippen LogP contribution >= 0.6 is 0 Å². The van der Waals surface area contributed by atoms with Crippen molar-refractivity contribution in [3.8, 4) is 5.75 Å². The lowest BCUT2D eigenvalue weighted by atomic mass is 9.78. The van der Waals surface area contributed by atoms with Crippen molar-refractivity contribution in [1.29, 1.82) is 0 Å². The number of amides is 1. The largest absolute Gasteiger partial charge is 0.492 e. The number of ether oxygens (including phenoxy) is 1. The summed E-state index contributed by atoms with van der Waals surface area (Å²) in [5.41, 5.74) is -0.150. The first-order valence-electron chi connectivity index (χ1n) is 9.55. The summed E-state index contributed by atoms with van der Waals surface area (Å²) in [6.45, 7) is 5.14. The van der Waals surface area contributed by atoms with E-state index in [1.807, 2.05) is 0 Å². The van der Waals surface area contributed by atoms with Gasteiger partial charge in [-0.15, -0.1) is 0 Å². The van der Waals surface area contributed by atoms with E-state index in [4.69, 9.17) is 4.74 Å². The van der Waals surface area contributed by atoms with Gasteiger partial charge in [0.25, 0.3) is 0 Å². The quantitative estimate of drug-likeness (QED) is 0.794. The molecule has 3 fully saturated rings. The number of benzene rings is 1. The van der Waals surface area contributed by atoms with E-state index in [2.05, 4.69) is 9.80 Å². The Balaban J connectivity index is 1.28. The smallest absolute Gasteiger partial charge is 0.230 e. The van der Waals surface area contributed by atoms with E-state index in [0.29, 0.717) is 18.3 Å². The number of rotatable bonds is 6. The highest BCUT2D eigenvalue weighted by atomic mass is 19.1. The van der Waals surface area contributed by atoms with Gasteiger partial charge in [-0.1, -0.05) is 0 Å². The Morgan fingerprint density at radius 1 is 1.16 bits per heavy atom. The van der Waals surface area contributed by atoms with E-state index in [1.165, 1.54) is 25.0 Å². The van der Waals surface area contributed by atoms with Crippen molar-refractivity contribution in [2.24, 2.45) is 11.3 Å². The molecule has 1 spiro atoms. The van der Waals surface area contributed by atoms with Crippen LogP contribution in [0, 0.1) is 17.2 Å². The first-order valence-corrected chi connectivity index (χ1v) is 9.55.